The molecule has 0 fully saturated rings. The van der Waals surface area contributed by atoms with Gasteiger partial charge < -0.3 is 25.8 Å². The third-order valence-corrected chi connectivity index (χ3v) is 4.45. The number of hydrogen-bond acceptors (Lipinski definition) is 4. The fourth-order valence-electron chi connectivity index (χ4n) is 3.23. The van der Waals surface area contributed by atoms with Crippen LogP contribution < -0.4 is 16.0 Å². The molecular weight excluding hydrogens is 356 g/mol. The zero-order chi connectivity index (χ0) is 20.6. The zero-order valence-electron chi connectivity index (χ0n) is 17.5. The lowest BCUT2D eigenvalue weighted by molar-refractivity contribution is 0.0529. The number of phenolic OH excluding ortho intramolecular Hbond substituents is 1. The fourth-order valence-corrected chi connectivity index (χ4v) is 3.23. The van der Waals surface area contributed by atoms with Crippen LogP contribution in [0.3, 0.4) is 0 Å². The summed E-state index contributed by atoms with van der Waals surface area (Å²) in [6, 6.07) is 3.81. The van der Waals surface area contributed by atoms with Crippen molar-refractivity contribution >= 4 is 12.1 Å². The Bertz CT molecular complexity index is 696. The first-order valence-electron chi connectivity index (χ1n) is 10.1. The number of hydrogen-bond donors (Lipinski definition) is 4. The predicted molar refractivity (Wildman–Crippen MR) is 112 cm³/mol. The average Bonchev–Trinajstić information content (AvgIpc) is 2.62. The highest BCUT2D eigenvalue weighted by atomic mass is 16.6. The quantitative estimate of drug-likeness (QED) is 0.340. The summed E-state index contributed by atoms with van der Waals surface area (Å²) in [6.45, 7) is 9.58. The normalized spacial score (nSPS) is 14.2. The molecule has 0 aromatic heterocycles. The smallest absolute Gasteiger partial charge is 0.407 e. The van der Waals surface area contributed by atoms with Gasteiger partial charge in [-0.1, -0.05) is 6.07 Å². The molecule has 28 heavy (non-hydrogen) atoms. The Kier molecular flexibility index (Phi) is 7.96. The van der Waals surface area contributed by atoms with Gasteiger partial charge in [-0.25, -0.2) is 9.79 Å². The average molecular weight is 391 g/mol. The topological polar surface area (TPSA) is 95.0 Å². The van der Waals surface area contributed by atoms with Crippen LogP contribution in [0.4, 0.5) is 4.79 Å². The summed E-state index contributed by atoms with van der Waals surface area (Å²) >= 11 is 0. The molecule has 7 nitrogen and oxygen atoms in total. The van der Waals surface area contributed by atoms with E-state index in [1.165, 1.54) is 17.5 Å². The number of carbonyl (C=O) groups excluding carboxylic acids is 1. The second-order valence-electron chi connectivity index (χ2n) is 7.96. The van der Waals surface area contributed by atoms with Crippen LogP contribution in [0, 0.1) is 0 Å². The Morgan fingerprint density at radius 1 is 1.14 bits per heavy atom. The summed E-state index contributed by atoms with van der Waals surface area (Å²) in [4.78, 5) is 16.3. The fraction of sp³-hybridized carbons (Fsp3) is 0.619. The molecule has 0 bridgehead atoms. The molecule has 4 N–H and O–H groups in total. The molecule has 1 amide bonds. The minimum absolute atomic E-state index is 0.312. The molecule has 0 radical (unpaired) electrons. The van der Waals surface area contributed by atoms with E-state index in [1.807, 2.05) is 33.8 Å². The van der Waals surface area contributed by atoms with Gasteiger partial charge in [0.15, 0.2) is 5.96 Å². The van der Waals surface area contributed by atoms with Gasteiger partial charge in [0.1, 0.15) is 11.4 Å². The first kappa shape index (κ1) is 21.9. The molecule has 0 heterocycles. The van der Waals surface area contributed by atoms with Gasteiger partial charge in [0.05, 0.1) is 6.54 Å². The number of carbonyl (C=O) groups is 1. The van der Waals surface area contributed by atoms with E-state index in [1.54, 1.807) is 6.07 Å². The van der Waals surface area contributed by atoms with Crippen molar-refractivity contribution in [1.29, 1.82) is 0 Å². The van der Waals surface area contributed by atoms with Gasteiger partial charge in [-0.2, -0.15) is 0 Å². The number of nitrogens with zero attached hydrogens (tertiary/aromatic N) is 1. The first-order chi connectivity index (χ1) is 13.3. The second kappa shape index (κ2) is 10.2. The van der Waals surface area contributed by atoms with Crippen LogP contribution in [0.5, 0.6) is 5.75 Å². The number of aryl methyl sites for hydroxylation is 1. The van der Waals surface area contributed by atoms with Gasteiger partial charge in [0.2, 0.25) is 0 Å². The van der Waals surface area contributed by atoms with Crippen LogP contribution in [0.15, 0.2) is 17.1 Å². The molecule has 2 rings (SSSR count). The van der Waals surface area contributed by atoms with Crippen molar-refractivity contribution < 1.29 is 14.6 Å². The molecule has 0 saturated heterocycles. The lowest BCUT2D eigenvalue weighted by Gasteiger charge is -2.20. The number of aromatic hydroxyl groups is 1. The molecule has 1 aliphatic carbocycles. The van der Waals surface area contributed by atoms with E-state index in [9.17, 15) is 9.90 Å². The first-order valence-corrected chi connectivity index (χ1v) is 10.1. The molecule has 1 aliphatic rings. The largest absolute Gasteiger partial charge is 0.508 e. The number of benzene rings is 1. The molecule has 0 saturated carbocycles. The van der Waals surface area contributed by atoms with Crippen molar-refractivity contribution in [1.82, 2.24) is 16.0 Å². The highest BCUT2D eigenvalue weighted by Gasteiger charge is 2.17. The lowest BCUT2D eigenvalue weighted by Crippen LogP contribution is -2.42. The molecule has 0 unspecified atom stereocenters. The van der Waals surface area contributed by atoms with E-state index in [0.717, 1.165) is 31.4 Å². The minimum Gasteiger partial charge on any atom is -0.508 e. The molecule has 1 aromatic carbocycles. The van der Waals surface area contributed by atoms with Gasteiger partial charge in [0.25, 0.3) is 0 Å². The van der Waals surface area contributed by atoms with Gasteiger partial charge in [-0.15, -0.1) is 0 Å². The van der Waals surface area contributed by atoms with Crippen LogP contribution >= 0.6 is 0 Å². The molecule has 0 spiro atoms. The van der Waals surface area contributed by atoms with Crippen LogP contribution in [-0.2, 0) is 24.1 Å². The Morgan fingerprint density at radius 3 is 2.57 bits per heavy atom. The van der Waals surface area contributed by atoms with Crippen molar-refractivity contribution in [2.75, 3.05) is 19.6 Å². The number of aliphatic imine (C=N–C) groups is 1. The Labute approximate surface area is 168 Å². The summed E-state index contributed by atoms with van der Waals surface area (Å²) in [6.07, 6.45) is 3.99. The van der Waals surface area contributed by atoms with Gasteiger partial charge in [-0.3, -0.25) is 0 Å². The number of nitrogens with one attached hydrogen (secondary N) is 3. The molecule has 0 aliphatic heterocycles. The number of ether oxygens (including phenoxy) is 1. The maximum absolute atomic E-state index is 11.7. The summed E-state index contributed by atoms with van der Waals surface area (Å²) < 4.78 is 5.21. The second-order valence-corrected chi connectivity index (χ2v) is 7.96. The maximum Gasteiger partial charge on any atom is 0.407 e. The summed E-state index contributed by atoms with van der Waals surface area (Å²) in [5.74, 6) is 0.966. The van der Waals surface area contributed by atoms with E-state index in [-0.39, 0.29) is 0 Å². The van der Waals surface area contributed by atoms with Gasteiger partial charge >= 0.3 is 6.09 Å². The number of guanidine groups is 1. The van der Waals surface area contributed by atoms with Crippen LogP contribution in [0.2, 0.25) is 0 Å². The summed E-state index contributed by atoms with van der Waals surface area (Å²) in [5, 5.41) is 19.4. The minimum atomic E-state index is -0.509. The lowest BCUT2D eigenvalue weighted by atomic mass is 9.88. The van der Waals surface area contributed by atoms with E-state index in [2.05, 4.69) is 20.9 Å². The number of phenols is 1. The van der Waals surface area contributed by atoms with Crippen molar-refractivity contribution in [3.05, 3.63) is 28.8 Å². The summed E-state index contributed by atoms with van der Waals surface area (Å²) in [5.41, 5.74) is 2.98. The highest BCUT2D eigenvalue weighted by Crippen LogP contribution is 2.30. The molecule has 1 aromatic rings. The number of amides is 1. The molecule has 0 atom stereocenters. The monoisotopic (exact) mass is 390 g/mol. The predicted octanol–water partition coefficient (Wildman–Crippen LogP) is 2.85. The van der Waals surface area contributed by atoms with Gasteiger partial charge in [-0.05, 0) is 70.6 Å². The maximum atomic E-state index is 11.7. The SMILES string of the molecule is CCNC(=NCc1c(O)ccc2c1CCCC2)NCCNC(=O)OC(C)(C)C. The van der Waals surface area contributed by atoms with Crippen molar-refractivity contribution in [3.8, 4) is 5.75 Å². The Morgan fingerprint density at radius 2 is 1.86 bits per heavy atom. The standard InChI is InChI=1S/C21H34N4O3/c1-5-22-19(23-12-13-24-20(27)28-21(2,3)4)25-14-17-16-9-7-6-8-15(16)10-11-18(17)26/h10-11,26H,5-9,12-14H2,1-4H3,(H,24,27)(H2,22,23,25). The third-order valence-electron chi connectivity index (χ3n) is 4.45. The van der Waals surface area contributed by atoms with Crippen molar-refractivity contribution in [3.63, 3.8) is 0 Å². The van der Waals surface area contributed by atoms with Crippen molar-refractivity contribution in [2.45, 2.75) is 65.5 Å². The number of rotatable bonds is 6. The molecule has 156 valence electrons. The number of alkyl carbamates (subject to hydrolysis) is 1. The molecule has 7 heteroatoms. The third kappa shape index (κ3) is 6.94. The van der Waals surface area contributed by atoms with E-state index in [4.69, 9.17) is 4.74 Å². The summed E-state index contributed by atoms with van der Waals surface area (Å²) in [7, 11) is 0. The molecular formula is C21H34N4O3. The Hall–Kier alpha value is -2.44. The van der Waals surface area contributed by atoms with E-state index < -0.39 is 11.7 Å². The number of fused-ring (bicyclic) bond motifs is 1. The van der Waals surface area contributed by atoms with Crippen LogP contribution in [0.1, 0.15) is 57.2 Å². The van der Waals surface area contributed by atoms with E-state index in [0.29, 0.717) is 31.3 Å². The zero-order valence-corrected chi connectivity index (χ0v) is 17.5. The highest BCUT2D eigenvalue weighted by molar-refractivity contribution is 5.79. The van der Waals surface area contributed by atoms with Crippen molar-refractivity contribution in [2.24, 2.45) is 4.99 Å². The van der Waals surface area contributed by atoms with E-state index >= 15 is 0 Å². The Balaban J connectivity index is 1.92. The van der Waals surface area contributed by atoms with Gasteiger partial charge in [0, 0.05) is 25.2 Å². The van der Waals surface area contributed by atoms with Crippen LogP contribution in [0.25, 0.3) is 0 Å². The van der Waals surface area contributed by atoms with Crippen LogP contribution in [-0.4, -0.2) is 42.4 Å².